The molecule has 1 heterocycles. The molecule has 0 spiro atoms. The number of amides is 1. The van der Waals surface area contributed by atoms with E-state index in [1.54, 1.807) is 43.3 Å². The average molecular weight is 433 g/mol. The standard InChI is InChI=1S/C19H20N4O4S2/c1-4-23(15-10-8-13(2)9-11-15)29(25,26)19-22-21-18(28-19)20-17(24)14-6-5-7-16(12-14)27-3/h5-12H,4H2,1-3H3,(H,20,21,24). The van der Waals surface area contributed by atoms with Crippen LogP contribution in [-0.4, -0.2) is 38.2 Å². The molecule has 0 saturated heterocycles. The summed E-state index contributed by atoms with van der Waals surface area (Å²) in [5, 5.41) is 10.3. The summed E-state index contributed by atoms with van der Waals surface area (Å²) in [6.45, 7) is 3.90. The van der Waals surface area contributed by atoms with Gasteiger partial charge in [-0.2, -0.15) is 8.42 Å². The monoisotopic (exact) mass is 432 g/mol. The minimum Gasteiger partial charge on any atom is -0.497 e. The molecular formula is C19H20N4O4S2. The molecule has 152 valence electrons. The van der Waals surface area contributed by atoms with E-state index < -0.39 is 15.9 Å². The summed E-state index contributed by atoms with van der Waals surface area (Å²) < 4.78 is 32.2. The number of methoxy groups -OCH3 is 1. The van der Waals surface area contributed by atoms with Gasteiger partial charge in [0.15, 0.2) is 0 Å². The van der Waals surface area contributed by atoms with Gasteiger partial charge >= 0.3 is 0 Å². The first-order valence-corrected chi connectivity index (χ1v) is 11.0. The number of rotatable bonds is 7. The fourth-order valence-electron chi connectivity index (χ4n) is 2.59. The van der Waals surface area contributed by atoms with Crippen molar-refractivity contribution in [1.82, 2.24) is 10.2 Å². The van der Waals surface area contributed by atoms with Crippen molar-refractivity contribution in [2.45, 2.75) is 18.2 Å². The highest BCUT2D eigenvalue weighted by atomic mass is 32.2. The smallest absolute Gasteiger partial charge is 0.293 e. The first kappa shape index (κ1) is 20.7. The highest BCUT2D eigenvalue weighted by Gasteiger charge is 2.28. The second kappa shape index (κ2) is 8.58. The Kier molecular flexibility index (Phi) is 6.14. The Morgan fingerprint density at radius 1 is 1.17 bits per heavy atom. The molecule has 29 heavy (non-hydrogen) atoms. The highest BCUT2D eigenvalue weighted by molar-refractivity contribution is 7.94. The van der Waals surface area contributed by atoms with Crippen LogP contribution in [0.1, 0.15) is 22.8 Å². The summed E-state index contributed by atoms with van der Waals surface area (Å²) in [6, 6.07) is 13.8. The lowest BCUT2D eigenvalue weighted by Gasteiger charge is -2.21. The maximum absolute atomic E-state index is 13.0. The van der Waals surface area contributed by atoms with Crippen LogP contribution in [0.4, 0.5) is 10.8 Å². The molecule has 0 atom stereocenters. The summed E-state index contributed by atoms with van der Waals surface area (Å²) in [5.41, 5.74) is 1.93. The van der Waals surface area contributed by atoms with E-state index in [0.717, 1.165) is 16.9 Å². The SMILES string of the molecule is CCN(c1ccc(C)cc1)S(=O)(=O)c1nnc(NC(=O)c2cccc(OC)c2)s1. The third-order valence-electron chi connectivity index (χ3n) is 4.08. The van der Waals surface area contributed by atoms with Crippen LogP contribution in [-0.2, 0) is 10.0 Å². The molecule has 0 unspecified atom stereocenters. The van der Waals surface area contributed by atoms with Gasteiger partial charge in [-0.25, -0.2) is 0 Å². The number of anilines is 2. The number of nitrogens with one attached hydrogen (secondary N) is 1. The summed E-state index contributed by atoms with van der Waals surface area (Å²) in [4.78, 5) is 12.4. The summed E-state index contributed by atoms with van der Waals surface area (Å²) in [7, 11) is -2.39. The molecule has 3 rings (SSSR count). The third kappa shape index (κ3) is 4.54. The normalized spacial score (nSPS) is 11.1. The molecule has 0 radical (unpaired) electrons. The van der Waals surface area contributed by atoms with Crippen LogP contribution in [0, 0.1) is 6.92 Å². The Labute approximate surface area is 173 Å². The lowest BCUT2D eigenvalue weighted by atomic mass is 10.2. The van der Waals surface area contributed by atoms with Crippen LogP contribution < -0.4 is 14.4 Å². The number of hydrogen-bond acceptors (Lipinski definition) is 7. The van der Waals surface area contributed by atoms with Crippen molar-refractivity contribution >= 4 is 38.1 Å². The van der Waals surface area contributed by atoms with E-state index in [9.17, 15) is 13.2 Å². The Morgan fingerprint density at radius 3 is 2.55 bits per heavy atom. The molecule has 0 aliphatic carbocycles. The number of carbonyl (C=O) groups excluding carboxylic acids is 1. The van der Waals surface area contributed by atoms with Crippen LogP contribution in [0.2, 0.25) is 0 Å². The highest BCUT2D eigenvalue weighted by Crippen LogP contribution is 2.28. The predicted octanol–water partition coefficient (Wildman–Crippen LogP) is 3.32. The fourth-order valence-corrected chi connectivity index (χ4v) is 5.07. The van der Waals surface area contributed by atoms with Crippen molar-refractivity contribution < 1.29 is 17.9 Å². The molecule has 0 aliphatic rings. The van der Waals surface area contributed by atoms with Gasteiger partial charge in [-0.3, -0.25) is 14.4 Å². The van der Waals surface area contributed by atoms with Gasteiger partial charge in [0.1, 0.15) is 5.75 Å². The number of hydrogen-bond donors (Lipinski definition) is 1. The van der Waals surface area contributed by atoms with Crippen molar-refractivity contribution in [3.05, 3.63) is 59.7 Å². The van der Waals surface area contributed by atoms with Gasteiger partial charge in [0.05, 0.1) is 12.8 Å². The number of carbonyl (C=O) groups is 1. The molecule has 0 bridgehead atoms. The zero-order valence-electron chi connectivity index (χ0n) is 16.1. The number of aromatic nitrogens is 2. The van der Waals surface area contributed by atoms with Gasteiger partial charge in [-0.15, -0.1) is 10.2 Å². The van der Waals surface area contributed by atoms with Crippen molar-refractivity contribution in [3.8, 4) is 5.75 Å². The predicted molar refractivity (Wildman–Crippen MR) is 112 cm³/mol. The number of sulfonamides is 1. The maximum atomic E-state index is 13.0. The second-order valence-corrected chi connectivity index (χ2v) is 9.08. The van der Waals surface area contributed by atoms with Crippen LogP contribution in [0.3, 0.4) is 0 Å². The molecule has 3 aromatic rings. The Bertz CT molecular complexity index is 1110. The Hall–Kier alpha value is -2.98. The molecular weight excluding hydrogens is 412 g/mol. The quantitative estimate of drug-likeness (QED) is 0.575. The molecule has 1 aromatic heterocycles. The molecule has 2 aromatic carbocycles. The fraction of sp³-hybridized carbons (Fsp3) is 0.211. The van der Waals surface area contributed by atoms with Crippen LogP contribution >= 0.6 is 11.3 Å². The molecule has 8 nitrogen and oxygen atoms in total. The van der Waals surface area contributed by atoms with Gasteiger partial charge in [0.25, 0.3) is 20.3 Å². The van der Waals surface area contributed by atoms with Gasteiger partial charge < -0.3 is 4.74 Å². The van der Waals surface area contributed by atoms with Crippen molar-refractivity contribution in [2.24, 2.45) is 0 Å². The Morgan fingerprint density at radius 2 is 1.90 bits per heavy atom. The minimum atomic E-state index is -3.90. The number of benzene rings is 2. The zero-order valence-corrected chi connectivity index (χ0v) is 17.8. The van der Waals surface area contributed by atoms with Gasteiger partial charge in [-0.05, 0) is 44.2 Å². The molecule has 0 aliphatic heterocycles. The second-order valence-electron chi connectivity index (χ2n) is 6.06. The van der Waals surface area contributed by atoms with E-state index in [0.29, 0.717) is 17.0 Å². The van der Waals surface area contributed by atoms with Gasteiger partial charge in [-0.1, -0.05) is 35.1 Å². The minimum absolute atomic E-state index is 0.0938. The van der Waals surface area contributed by atoms with E-state index in [1.807, 2.05) is 19.1 Å². The van der Waals surface area contributed by atoms with Gasteiger partial charge in [0.2, 0.25) is 5.13 Å². The maximum Gasteiger partial charge on any atom is 0.293 e. The van der Waals surface area contributed by atoms with Gasteiger partial charge in [0, 0.05) is 12.1 Å². The van der Waals surface area contributed by atoms with Crippen LogP contribution in [0.5, 0.6) is 5.75 Å². The molecule has 0 saturated carbocycles. The lowest BCUT2D eigenvalue weighted by Crippen LogP contribution is -2.30. The lowest BCUT2D eigenvalue weighted by molar-refractivity contribution is 0.102. The topological polar surface area (TPSA) is 101 Å². The van der Waals surface area contributed by atoms with E-state index in [4.69, 9.17) is 4.74 Å². The zero-order chi connectivity index (χ0) is 21.0. The van der Waals surface area contributed by atoms with E-state index in [-0.39, 0.29) is 16.0 Å². The molecule has 10 heteroatoms. The largest absolute Gasteiger partial charge is 0.497 e. The third-order valence-corrected chi connectivity index (χ3v) is 7.17. The van der Waals surface area contributed by atoms with Crippen LogP contribution in [0.25, 0.3) is 0 Å². The first-order chi connectivity index (χ1) is 13.8. The number of nitrogens with zero attached hydrogens (tertiary/aromatic N) is 3. The number of ether oxygens (including phenoxy) is 1. The van der Waals surface area contributed by atoms with E-state index >= 15 is 0 Å². The van der Waals surface area contributed by atoms with E-state index in [1.165, 1.54) is 11.4 Å². The molecule has 0 fully saturated rings. The summed E-state index contributed by atoms with van der Waals surface area (Å²) in [6.07, 6.45) is 0. The summed E-state index contributed by atoms with van der Waals surface area (Å²) in [5.74, 6) is 0.102. The summed E-state index contributed by atoms with van der Waals surface area (Å²) >= 11 is 0.799. The van der Waals surface area contributed by atoms with Crippen molar-refractivity contribution in [1.29, 1.82) is 0 Å². The first-order valence-electron chi connectivity index (χ1n) is 8.73. The molecule has 1 N–H and O–H groups in total. The Balaban J connectivity index is 1.82. The average Bonchev–Trinajstić information content (AvgIpc) is 3.19. The van der Waals surface area contributed by atoms with E-state index in [2.05, 4.69) is 15.5 Å². The number of aryl methyl sites for hydroxylation is 1. The van der Waals surface area contributed by atoms with Crippen molar-refractivity contribution in [2.75, 3.05) is 23.3 Å². The molecule has 1 amide bonds. The van der Waals surface area contributed by atoms with Crippen molar-refractivity contribution in [3.63, 3.8) is 0 Å². The van der Waals surface area contributed by atoms with Crippen LogP contribution in [0.15, 0.2) is 52.9 Å².